The van der Waals surface area contributed by atoms with Crippen LogP contribution in [0.1, 0.15) is 111 Å². The summed E-state index contributed by atoms with van der Waals surface area (Å²) in [7, 11) is 1.84. The van der Waals surface area contributed by atoms with Gasteiger partial charge in [0.25, 0.3) is 0 Å². The van der Waals surface area contributed by atoms with Crippen LogP contribution in [0.5, 0.6) is 0 Å². The van der Waals surface area contributed by atoms with Crippen LogP contribution < -0.4 is 0 Å². The van der Waals surface area contributed by atoms with Crippen LogP contribution in [0.25, 0.3) is 0 Å². The SMILES string of the molecule is CCCC(CCCCCCCCCCCC(CC)OC)OCC. The fraction of sp³-hybridized carbons (Fsp3) is 1.00. The third-order valence-corrected chi connectivity index (χ3v) is 4.85. The topological polar surface area (TPSA) is 18.5 Å². The minimum atomic E-state index is 0.489. The Labute approximate surface area is 146 Å². The highest BCUT2D eigenvalue weighted by Crippen LogP contribution is 2.15. The van der Waals surface area contributed by atoms with Gasteiger partial charge in [-0.1, -0.05) is 78.1 Å². The van der Waals surface area contributed by atoms with Crippen molar-refractivity contribution in [2.75, 3.05) is 13.7 Å². The molecule has 0 aromatic rings. The third kappa shape index (κ3) is 15.2. The van der Waals surface area contributed by atoms with E-state index in [4.69, 9.17) is 9.47 Å². The largest absolute Gasteiger partial charge is 0.381 e. The van der Waals surface area contributed by atoms with Crippen LogP contribution in [0.3, 0.4) is 0 Å². The van der Waals surface area contributed by atoms with Crippen LogP contribution in [-0.4, -0.2) is 25.9 Å². The Kier molecular flexibility index (Phi) is 18.2. The molecule has 0 radical (unpaired) electrons. The number of hydrogen-bond donors (Lipinski definition) is 0. The van der Waals surface area contributed by atoms with Crippen molar-refractivity contribution in [3.05, 3.63) is 0 Å². The van der Waals surface area contributed by atoms with Gasteiger partial charge < -0.3 is 9.47 Å². The van der Waals surface area contributed by atoms with Crippen LogP contribution in [0.2, 0.25) is 0 Å². The molecule has 0 bridgehead atoms. The lowest BCUT2D eigenvalue weighted by Crippen LogP contribution is -2.12. The number of hydrogen-bond acceptors (Lipinski definition) is 2. The molecule has 0 saturated heterocycles. The van der Waals surface area contributed by atoms with E-state index in [0.717, 1.165) is 13.0 Å². The first-order valence-corrected chi connectivity index (χ1v) is 10.4. The van der Waals surface area contributed by atoms with E-state index >= 15 is 0 Å². The molecule has 2 atom stereocenters. The number of methoxy groups -OCH3 is 1. The second-order valence-corrected chi connectivity index (χ2v) is 6.89. The van der Waals surface area contributed by atoms with Crippen molar-refractivity contribution in [3.63, 3.8) is 0 Å². The van der Waals surface area contributed by atoms with Gasteiger partial charge in [-0.05, 0) is 32.6 Å². The minimum absolute atomic E-state index is 0.489. The lowest BCUT2D eigenvalue weighted by Gasteiger charge is -2.15. The zero-order chi connectivity index (χ0) is 17.2. The Morgan fingerprint density at radius 2 is 1.09 bits per heavy atom. The van der Waals surface area contributed by atoms with Gasteiger partial charge in [0.2, 0.25) is 0 Å². The molecule has 0 saturated carbocycles. The quantitative estimate of drug-likeness (QED) is 0.255. The van der Waals surface area contributed by atoms with E-state index in [0.29, 0.717) is 12.2 Å². The van der Waals surface area contributed by atoms with Gasteiger partial charge in [0, 0.05) is 13.7 Å². The van der Waals surface area contributed by atoms with Gasteiger partial charge in [0.1, 0.15) is 0 Å². The molecule has 0 aromatic carbocycles. The minimum Gasteiger partial charge on any atom is -0.381 e. The summed E-state index contributed by atoms with van der Waals surface area (Å²) >= 11 is 0. The zero-order valence-electron chi connectivity index (χ0n) is 16.6. The highest BCUT2D eigenvalue weighted by Gasteiger charge is 2.06. The first-order chi connectivity index (χ1) is 11.3. The molecule has 0 amide bonds. The van der Waals surface area contributed by atoms with Crippen molar-refractivity contribution in [3.8, 4) is 0 Å². The molecule has 0 fully saturated rings. The molecule has 23 heavy (non-hydrogen) atoms. The van der Waals surface area contributed by atoms with Crippen LogP contribution in [0.4, 0.5) is 0 Å². The summed E-state index contributed by atoms with van der Waals surface area (Å²) in [5.41, 5.74) is 0. The normalized spacial score (nSPS) is 14.1. The number of ether oxygens (including phenoxy) is 2. The predicted octanol–water partition coefficient (Wildman–Crippen LogP) is 6.91. The van der Waals surface area contributed by atoms with Crippen molar-refractivity contribution < 1.29 is 9.47 Å². The summed E-state index contributed by atoms with van der Waals surface area (Å²) in [6, 6.07) is 0. The highest BCUT2D eigenvalue weighted by atomic mass is 16.5. The summed E-state index contributed by atoms with van der Waals surface area (Å²) in [6.45, 7) is 7.45. The van der Waals surface area contributed by atoms with Gasteiger partial charge in [-0.15, -0.1) is 0 Å². The van der Waals surface area contributed by atoms with Crippen LogP contribution in [-0.2, 0) is 9.47 Å². The van der Waals surface area contributed by atoms with Gasteiger partial charge in [-0.2, -0.15) is 0 Å². The summed E-state index contributed by atoms with van der Waals surface area (Å²) in [5, 5.41) is 0. The first kappa shape index (κ1) is 22.9. The zero-order valence-corrected chi connectivity index (χ0v) is 16.6. The van der Waals surface area contributed by atoms with Gasteiger partial charge in [0.05, 0.1) is 12.2 Å². The van der Waals surface area contributed by atoms with E-state index in [1.54, 1.807) is 0 Å². The maximum absolute atomic E-state index is 5.79. The third-order valence-electron chi connectivity index (χ3n) is 4.85. The fourth-order valence-electron chi connectivity index (χ4n) is 3.34. The second-order valence-electron chi connectivity index (χ2n) is 6.89. The Balaban J connectivity index is 3.27. The average Bonchev–Trinajstić information content (AvgIpc) is 2.56. The summed E-state index contributed by atoms with van der Waals surface area (Å²) in [4.78, 5) is 0. The van der Waals surface area contributed by atoms with E-state index in [1.165, 1.54) is 83.5 Å². The lowest BCUT2D eigenvalue weighted by molar-refractivity contribution is 0.0484. The van der Waals surface area contributed by atoms with Crippen molar-refractivity contribution in [1.82, 2.24) is 0 Å². The molecule has 0 aromatic heterocycles. The van der Waals surface area contributed by atoms with Crippen LogP contribution in [0.15, 0.2) is 0 Å². The second kappa shape index (κ2) is 18.3. The Bertz CT molecular complexity index is 208. The molecule has 2 nitrogen and oxygen atoms in total. The Morgan fingerprint density at radius 1 is 0.609 bits per heavy atom. The van der Waals surface area contributed by atoms with Crippen LogP contribution >= 0.6 is 0 Å². The average molecular weight is 329 g/mol. The predicted molar refractivity (Wildman–Crippen MR) is 102 cm³/mol. The summed E-state index contributed by atoms with van der Waals surface area (Å²) < 4.78 is 11.2. The van der Waals surface area contributed by atoms with Crippen molar-refractivity contribution in [2.24, 2.45) is 0 Å². The molecule has 0 aliphatic rings. The van der Waals surface area contributed by atoms with E-state index in [1.807, 2.05) is 7.11 Å². The molecule has 0 heterocycles. The Morgan fingerprint density at radius 3 is 1.48 bits per heavy atom. The molecule has 140 valence electrons. The monoisotopic (exact) mass is 328 g/mol. The number of rotatable bonds is 18. The van der Waals surface area contributed by atoms with Gasteiger partial charge in [0.15, 0.2) is 0 Å². The molecule has 0 aliphatic heterocycles. The Hall–Kier alpha value is -0.0800. The van der Waals surface area contributed by atoms with Crippen molar-refractivity contribution in [1.29, 1.82) is 0 Å². The van der Waals surface area contributed by atoms with Crippen LogP contribution in [0, 0.1) is 0 Å². The molecule has 0 spiro atoms. The van der Waals surface area contributed by atoms with Gasteiger partial charge >= 0.3 is 0 Å². The molecule has 2 heteroatoms. The number of unbranched alkanes of at least 4 members (excludes halogenated alkanes) is 8. The first-order valence-electron chi connectivity index (χ1n) is 10.4. The molecule has 0 N–H and O–H groups in total. The van der Waals surface area contributed by atoms with E-state index in [-0.39, 0.29) is 0 Å². The molecular weight excluding hydrogens is 284 g/mol. The van der Waals surface area contributed by atoms with E-state index < -0.39 is 0 Å². The standard InChI is InChI=1S/C21H44O2/c1-5-17-21(23-7-3)19-16-14-12-10-8-9-11-13-15-18-20(6-2)22-4/h20-21H,5-19H2,1-4H3. The van der Waals surface area contributed by atoms with Crippen molar-refractivity contribution >= 4 is 0 Å². The lowest BCUT2D eigenvalue weighted by atomic mass is 10.0. The van der Waals surface area contributed by atoms with Crippen molar-refractivity contribution in [2.45, 2.75) is 123 Å². The smallest absolute Gasteiger partial charge is 0.0574 e. The fourth-order valence-corrected chi connectivity index (χ4v) is 3.34. The molecule has 2 unspecified atom stereocenters. The van der Waals surface area contributed by atoms with E-state index in [2.05, 4.69) is 20.8 Å². The van der Waals surface area contributed by atoms with Gasteiger partial charge in [-0.3, -0.25) is 0 Å². The summed E-state index contributed by atoms with van der Waals surface area (Å²) in [5.74, 6) is 0. The van der Waals surface area contributed by atoms with E-state index in [9.17, 15) is 0 Å². The molecule has 0 aliphatic carbocycles. The highest BCUT2D eigenvalue weighted by molar-refractivity contribution is 4.58. The summed E-state index contributed by atoms with van der Waals surface area (Å²) in [6.07, 6.45) is 19.7. The molecular formula is C21H44O2. The maximum atomic E-state index is 5.79. The van der Waals surface area contributed by atoms with Gasteiger partial charge in [-0.25, -0.2) is 0 Å². The molecule has 0 rings (SSSR count). The maximum Gasteiger partial charge on any atom is 0.0574 e.